The number of carbonyl (C=O) groups is 1. The number of hydrogen-bond acceptors (Lipinski definition) is 7. The van der Waals surface area contributed by atoms with Crippen LogP contribution in [0.25, 0.3) is 11.4 Å². The number of amides is 1. The molecule has 0 aliphatic rings. The number of methoxy groups -OCH3 is 2. The van der Waals surface area contributed by atoms with Gasteiger partial charge in [0.2, 0.25) is 5.95 Å². The largest absolute Gasteiger partial charge is 0.497 e. The lowest BCUT2D eigenvalue weighted by atomic mass is 10.1. The van der Waals surface area contributed by atoms with Gasteiger partial charge in [-0.1, -0.05) is 12.1 Å². The molecule has 2 aromatic heterocycles. The first-order chi connectivity index (χ1) is 15.6. The molecule has 0 fully saturated rings. The number of nitrogens with one attached hydrogen (secondary N) is 2. The monoisotopic (exact) mass is 427 g/mol. The number of hydrogen-bond donors (Lipinski definition) is 2. The highest BCUT2D eigenvalue weighted by molar-refractivity contribution is 6.05. The number of ether oxygens (including phenoxy) is 2. The molecule has 1 amide bonds. The topological polar surface area (TPSA) is 98.3 Å². The summed E-state index contributed by atoms with van der Waals surface area (Å²) in [6, 6.07) is 19.7. The van der Waals surface area contributed by atoms with E-state index in [0.29, 0.717) is 34.4 Å². The predicted molar refractivity (Wildman–Crippen MR) is 122 cm³/mol. The van der Waals surface area contributed by atoms with Crippen LogP contribution < -0.4 is 20.1 Å². The molecule has 0 bridgehead atoms. The highest BCUT2D eigenvalue weighted by atomic mass is 16.5. The minimum absolute atomic E-state index is 0.284. The second-order valence-corrected chi connectivity index (χ2v) is 6.74. The van der Waals surface area contributed by atoms with E-state index in [1.54, 1.807) is 48.8 Å². The van der Waals surface area contributed by atoms with E-state index in [1.165, 1.54) is 14.2 Å². The molecule has 32 heavy (non-hydrogen) atoms. The molecule has 0 unspecified atom stereocenters. The summed E-state index contributed by atoms with van der Waals surface area (Å²) >= 11 is 0. The fourth-order valence-corrected chi connectivity index (χ4v) is 3.02. The first-order valence-electron chi connectivity index (χ1n) is 9.80. The lowest BCUT2D eigenvalue weighted by Gasteiger charge is -2.11. The Balaban J connectivity index is 1.50. The summed E-state index contributed by atoms with van der Waals surface area (Å²) in [6.45, 7) is 0. The summed E-state index contributed by atoms with van der Waals surface area (Å²) in [4.78, 5) is 25.8. The van der Waals surface area contributed by atoms with Crippen LogP contribution in [-0.2, 0) is 0 Å². The number of pyridine rings is 1. The average Bonchev–Trinajstić information content (AvgIpc) is 2.84. The SMILES string of the molecule is COc1cc(OC)cc(C(=O)Nc2cccc(Nc3nccc(-c4ccccn4)n3)c2)c1. The second-order valence-electron chi connectivity index (χ2n) is 6.74. The normalized spacial score (nSPS) is 10.3. The van der Waals surface area contributed by atoms with Gasteiger partial charge in [0.15, 0.2) is 0 Å². The van der Waals surface area contributed by atoms with Crippen LogP contribution in [0, 0.1) is 0 Å². The molecule has 0 saturated heterocycles. The van der Waals surface area contributed by atoms with E-state index < -0.39 is 0 Å². The van der Waals surface area contributed by atoms with E-state index in [1.807, 2.05) is 30.3 Å². The zero-order valence-electron chi connectivity index (χ0n) is 17.6. The third-order valence-electron chi connectivity index (χ3n) is 4.57. The Labute approximate surface area is 185 Å². The standard InChI is InChI=1S/C24H21N5O3/c1-31-19-12-16(13-20(15-19)32-2)23(30)27-17-6-5-7-18(14-17)28-24-26-11-9-22(29-24)21-8-3-4-10-25-21/h3-15H,1-2H3,(H,27,30)(H,26,28,29). The number of benzene rings is 2. The van der Waals surface area contributed by atoms with Gasteiger partial charge in [-0.15, -0.1) is 0 Å². The fourth-order valence-electron chi connectivity index (χ4n) is 3.02. The molecule has 0 spiro atoms. The van der Waals surface area contributed by atoms with Gasteiger partial charge in [-0.05, 0) is 48.5 Å². The summed E-state index contributed by atoms with van der Waals surface area (Å²) in [6.07, 6.45) is 3.38. The first-order valence-corrected chi connectivity index (χ1v) is 9.80. The van der Waals surface area contributed by atoms with Crippen molar-refractivity contribution in [3.8, 4) is 22.9 Å². The van der Waals surface area contributed by atoms with Crippen LogP contribution >= 0.6 is 0 Å². The zero-order chi connectivity index (χ0) is 22.3. The van der Waals surface area contributed by atoms with Gasteiger partial charge in [-0.2, -0.15) is 0 Å². The van der Waals surface area contributed by atoms with Crippen LogP contribution in [0.15, 0.2) is 79.1 Å². The molecule has 0 radical (unpaired) electrons. The van der Waals surface area contributed by atoms with Gasteiger partial charge in [0.1, 0.15) is 11.5 Å². The zero-order valence-corrected chi connectivity index (χ0v) is 17.6. The van der Waals surface area contributed by atoms with E-state index >= 15 is 0 Å². The Kier molecular flexibility index (Phi) is 6.22. The van der Waals surface area contributed by atoms with Crippen LogP contribution in [0.3, 0.4) is 0 Å². The Hall–Kier alpha value is -4.46. The van der Waals surface area contributed by atoms with Gasteiger partial charge in [0, 0.05) is 35.4 Å². The molecular weight excluding hydrogens is 406 g/mol. The first kappa shape index (κ1) is 20.8. The molecule has 2 N–H and O–H groups in total. The molecule has 0 aliphatic carbocycles. The Bertz CT molecular complexity index is 1210. The smallest absolute Gasteiger partial charge is 0.255 e. The van der Waals surface area contributed by atoms with Crippen molar-refractivity contribution >= 4 is 23.2 Å². The molecule has 0 aliphatic heterocycles. The van der Waals surface area contributed by atoms with E-state index in [9.17, 15) is 4.79 Å². The van der Waals surface area contributed by atoms with Crippen molar-refractivity contribution in [2.24, 2.45) is 0 Å². The predicted octanol–water partition coefficient (Wildman–Crippen LogP) is 4.55. The van der Waals surface area contributed by atoms with E-state index in [2.05, 4.69) is 25.6 Å². The maximum absolute atomic E-state index is 12.7. The third kappa shape index (κ3) is 4.99. The number of nitrogens with zero attached hydrogens (tertiary/aromatic N) is 3. The minimum Gasteiger partial charge on any atom is -0.497 e. The van der Waals surface area contributed by atoms with Crippen molar-refractivity contribution < 1.29 is 14.3 Å². The molecule has 160 valence electrons. The van der Waals surface area contributed by atoms with Crippen LogP contribution in [0.2, 0.25) is 0 Å². The Morgan fingerprint density at radius 1 is 0.781 bits per heavy atom. The quantitative estimate of drug-likeness (QED) is 0.446. The molecule has 8 heteroatoms. The van der Waals surface area contributed by atoms with Crippen molar-refractivity contribution in [2.75, 3.05) is 24.9 Å². The molecular formula is C24H21N5O3. The Morgan fingerprint density at radius 2 is 1.56 bits per heavy atom. The van der Waals surface area contributed by atoms with Crippen LogP contribution in [0.1, 0.15) is 10.4 Å². The van der Waals surface area contributed by atoms with Crippen LogP contribution in [-0.4, -0.2) is 35.1 Å². The lowest BCUT2D eigenvalue weighted by molar-refractivity contribution is 0.102. The van der Waals surface area contributed by atoms with Crippen molar-refractivity contribution in [3.63, 3.8) is 0 Å². The highest BCUT2D eigenvalue weighted by Crippen LogP contribution is 2.24. The van der Waals surface area contributed by atoms with Crippen LogP contribution in [0.4, 0.5) is 17.3 Å². The number of rotatable bonds is 7. The summed E-state index contributed by atoms with van der Waals surface area (Å²) < 4.78 is 10.5. The molecule has 4 aromatic rings. The van der Waals surface area contributed by atoms with Crippen molar-refractivity contribution in [1.29, 1.82) is 0 Å². The highest BCUT2D eigenvalue weighted by Gasteiger charge is 2.11. The Morgan fingerprint density at radius 3 is 2.28 bits per heavy atom. The van der Waals surface area contributed by atoms with Gasteiger partial charge < -0.3 is 20.1 Å². The summed E-state index contributed by atoms with van der Waals surface area (Å²) in [5.74, 6) is 1.21. The second kappa shape index (κ2) is 9.57. The maximum atomic E-state index is 12.7. The molecule has 8 nitrogen and oxygen atoms in total. The maximum Gasteiger partial charge on any atom is 0.255 e. The molecule has 0 saturated carbocycles. The molecule has 4 rings (SSSR count). The van der Waals surface area contributed by atoms with E-state index in [4.69, 9.17) is 9.47 Å². The van der Waals surface area contributed by atoms with E-state index in [-0.39, 0.29) is 5.91 Å². The summed E-state index contributed by atoms with van der Waals surface area (Å²) in [5, 5.41) is 6.05. The van der Waals surface area contributed by atoms with E-state index in [0.717, 1.165) is 11.4 Å². The summed E-state index contributed by atoms with van der Waals surface area (Å²) in [5.41, 5.74) is 3.23. The van der Waals surface area contributed by atoms with Gasteiger partial charge >= 0.3 is 0 Å². The van der Waals surface area contributed by atoms with Crippen molar-refractivity contribution in [1.82, 2.24) is 15.0 Å². The average molecular weight is 427 g/mol. The van der Waals surface area contributed by atoms with Gasteiger partial charge in [0.25, 0.3) is 5.91 Å². The molecule has 2 aromatic carbocycles. The number of anilines is 3. The van der Waals surface area contributed by atoms with Gasteiger partial charge in [-0.3, -0.25) is 9.78 Å². The fraction of sp³-hybridized carbons (Fsp3) is 0.0833. The lowest BCUT2D eigenvalue weighted by Crippen LogP contribution is -2.12. The van der Waals surface area contributed by atoms with Crippen molar-refractivity contribution in [3.05, 3.63) is 84.7 Å². The van der Waals surface area contributed by atoms with Crippen molar-refractivity contribution in [2.45, 2.75) is 0 Å². The molecule has 2 heterocycles. The number of carbonyl (C=O) groups excluding carboxylic acids is 1. The minimum atomic E-state index is -0.284. The van der Waals surface area contributed by atoms with Crippen LogP contribution in [0.5, 0.6) is 11.5 Å². The summed E-state index contributed by atoms with van der Waals surface area (Å²) in [7, 11) is 3.08. The van der Waals surface area contributed by atoms with Gasteiger partial charge in [-0.25, -0.2) is 9.97 Å². The molecule has 0 atom stereocenters. The third-order valence-corrected chi connectivity index (χ3v) is 4.57. The number of aromatic nitrogens is 3. The van der Waals surface area contributed by atoms with Gasteiger partial charge in [0.05, 0.1) is 25.6 Å².